The Hall–Kier alpha value is -1.49. The fourth-order valence-electron chi connectivity index (χ4n) is 1.50. The van der Waals surface area contributed by atoms with Gasteiger partial charge in [0, 0.05) is 12.6 Å². The van der Waals surface area contributed by atoms with E-state index in [0.717, 1.165) is 6.20 Å². The summed E-state index contributed by atoms with van der Waals surface area (Å²) >= 11 is 0. The molecule has 1 aromatic heterocycles. The van der Waals surface area contributed by atoms with Crippen molar-refractivity contribution >= 4 is 5.91 Å². The molecular weight excluding hydrogens is 187 g/mol. The third kappa shape index (κ3) is 1.58. The maximum atomic E-state index is 12.8. The predicted octanol–water partition coefficient (Wildman–Crippen LogP) is 0.143. The van der Waals surface area contributed by atoms with E-state index in [1.54, 1.807) is 0 Å². The minimum Gasteiger partial charge on any atom is -0.383 e. The number of halogens is 1. The lowest BCUT2D eigenvalue weighted by atomic mass is 10.1. The summed E-state index contributed by atoms with van der Waals surface area (Å²) in [7, 11) is 0. The topological polar surface area (TPSA) is 62.2 Å². The van der Waals surface area contributed by atoms with Crippen LogP contribution in [-0.4, -0.2) is 22.1 Å². The lowest BCUT2D eigenvalue weighted by Crippen LogP contribution is -2.23. The van der Waals surface area contributed by atoms with Gasteiger partial charge in [-0.3, -0.25) is 9.78 Å². The quantitative estimate of drug-likeness (QED) is 0.671. The summed E-state index contributed by atoms with van der Waals surface area (Å²) in [6.45, 7) is 0. The predicted molar refractivity (Wildman–Crippen MR) is 45.7 cm³/mol. The molecule has 0 bridgehead atoms. The van der Waals surface area contributed by atoms with Crippen LogP contribution in [0.5, 0.6) is 0 Å². The Kier molecular flexibility index (Phi) is 2.17. The first-order valence-corrected chi connectivity index (χ1v) is 4.25. The molecule has 1 aliphatic heterocycles. The standard InChI is InChI=1S/C9H9FN2O2/c10-6-1-5(3-11-4-6)7-2-8(13)9(14)12-7/h1,3-4,7-8,13H,2H2,(H,12,14). The van der Waals surface area contributed by atoms with Crippen LogP contribution in [0.2, 0.25) is 0 Å². The van der Waals surface area contributed by atoms with E-state index in [1.807, 2.05) is 0 Å². The van der Waals surface area contributed by atoms with Gasteiger partial charge in [0.05, 0.1) is 12.2 Å². The average Bonchev–Trinajstić information content (AvgIpc) is 2.47. The van der Waals surface area contributed by atoms with Crippen molar-refractivity contribution in [3.05, 3.63) is 29.8 Å². The molecule has 0 aromatic carbocycles. The Labute approximate surface area is 79.8 Å². The summed E-state index contributed by atoms with van der Waals surface area (Å²) in [6.07, 6.45) is 1.84. The molecule has 74 valence electrons. The van der Waals surface area contributed by atoms with Gasteiger partial charge in [0.1, 0.15) is 11.9 Å². The largest absolute Gasteiger partial charge is 0.383 e. The van der Waals surface area contributed by atoms with Gasteiger partial charge in [-0.1, -0.05) is 0 Å². The Bertz CT molecular complexity index is 370. The molecule has 2 atom stereocenters. The van der Waals surface area contributed by atoms with Crippen LogP contribution in [0.25, 0.3) is 0 Å². The SMILES string of the molecule is O=C1NC(c2cncc(F)c2)CC1O. The van der Waals surface area contributed by atoms with Crippen LogP contribution in [-0.2, 0) is 4.79 Å². The van der Waals surface area contributed by atoms with Crippen LogP contribution in [0, 0.1) is 5.82 Å². The van der Waals surface area contributed by atoms with Gasteiger partial charge in [0.2, 0.25) is 5.91 Å². The highest BCUT2D eigenvalue weighted by Crippen LogP contribution is 2.23. The van der Waals surface area contributed by atoms with Crippen molar-refractivity contribution in [2.24, 2.45) is 0 Å². The van der Waals surface area contributed by atoms with E-state index in [-0.39, 0.29) is 12.5 Å². The molecule has 0 spiro atoms. The van der Waals surface area contributed by atoms with Gasteiger partial charge < -0.3 is 10.4 Å². The maximum Gasteiger partial charge on any atom is 0.249 e. The lowest BCUT2D eigenvalue weighted by molar-refractivity contribution is -0.126. The number of aromatic nitrogens is 1. The highest BCUT2D eigenvalue weighted by Gasteiger charge is 2.31. The molecule has 0 radical (unpaired) electrons. The number of carbonyl (C=O) groups excluding carboxylic acids is 1. The zero-order valence-corrected chi connectivity index (χ0v) is 7.27. The summed E-state index contributed by atoms with van der Waals surface area (Å²) < 4.78 is 12.8. The van der Waals surface area contributed by atoms with Crippen molar-refractivity contribution < 1.29 is 14.3 Å². The van der Waals surface area contributed by atoms with Crippen LogP contribution < -0.4 is 5.32 Å². The second-order valence-corrected chi connectivity index (χ2v) is 3.25. The minimum atomic E-state index is -0.997. The van der Waals surface area contributed by atoms with Crippen LogP contribution in [0.3, 0.4) is 0 Å². The normalized spacial score (nSPS) is 26.3. The number of nitrogens with one attached hydrogen (secondary N) is 1. The minimum absolute atomic E-state index is 0.268. The van der Waals surface area contributed by atoms with Crippen molar-refractivity contribution in [1.29, 1.82) is 0 Å². The number of carbonyl (C=O) groups is 1. The van der Waals surface area contributed by atoms with Crippen molar-refractivity contribution in [2.45, 2.75) is 18.6 Å². The fraction of sp³-hybridized carbons (Fsp3) is 0.333. The third-order valence-electron chi connectivity index (χ3n) is 2.21. The summed E-state index contributed by atoms with van der Waals surface area (Å²) in [5.41, 5.74) is 0.579. The molecule has 2 unspecified atom stereocenters. The molecule has 14 heavy (non-hydrogen) atoms. The second-order valence-electron chi connectivity index (χ2n) is 3.25. The van der Waals surface area contributed by atoms with Gasteiger partial charge in [-0.2, -0.15) is 0 Å². The molecule has 2 N–H and O–H groups in total. The van der Waals surface area contributed by atoms with E-state index in [2.05, 4.69) is 10.3 Å². The number of amides is 1. The summed E-state index contributed by atoms with van der Waals surface area (Å²) in [5, 5.41) is 11.7. The van der Waals surface area contributed by atoms with E-state index in [9.17, 15) is 14.3 Å². The summed E-state index contributed by atoms with van der Waals surface area (Å²) in [4.78, 5) is 14.6. The first-order valence-electron chi connectivity index (χ1n) is 4.25. The Morgan fingerprint density at radius 2 is 2.36 bits per heavy atom. The zero-order chi connectivity index (χ0) is 10.1. The third-order valence-corrected chi connectivity index (χ3v) is 2.21. The molecule has 2 rings (SSSR count). The lowest BCUT2D eigenvalue weighted by Gasteiger charge is -2.08. The van der Waals surface area contributed by atoms with Crippen LogP contribution in [0.4, 0.5) is 4.39 Å². The van der Waals surface area contributed by atoms with E-state index in [0.29, 0.717) is 5.56 Å². The van der Waals surface area contributed by atoms with E-state index in [4.69, 9.17) is 0 Å². The number of aliphatic hydroxyl groups is 1. The summed E-state index contributed by atoms with van der Waals surface area (Å²) in [6, 6.07) is 0.969. The molecule has 1 fully saturated rings. The van der Waals surface area contributed by atoms with Gasteiger partial charge in [0.25, 0.3) is 0 Å². The molecule has 0 saturated carbocycles. The van der Waals surface area contributed by atoms with Crippen molar-refractivity contribution in [2.75, 3.05) is 0 Å². The molecule has 1 aliphatic rings. The van der Waals surface area contributed by atoms with Crippen molar-refractivity contribution in [3.63, 3.8) is 0 Å². The molecular formula is C9H9FN2O2. The van der Waals surface area contributed by atoms with Crippen LogP contribution >= 0.6 is 0 Å². The van der Waals surface area contributed by atoms with Gasteiger partial charge in [-0.15, -0.1) is 0 Å². The van der Waals surface area contributed by atoms with E-state index in [1.165, 1.54) is 12.3 Å². The number of nitrogens with zero attached hydrogens (tertiary/aromatic N) is 1. The van der Waals surface area contributed by atoms with E-state index >= 15 is 0 Å². The Morgan fingerprint density at radius 3 is 2.93 bits per heavy atom. The van der Waals surface area contributed by atoms with Gasteiger partial charge in [0.15, 0.2) is 0 Å². The molecule has 2 heterocycles. The Morgan fingerprint density at radius 1 is 1.57 bits per heavy atom. The molecule has 0 aliphatic carbocycles. The van der Waals surface area contributed by atoms with Crippen LogP contribution in [0.1, 0.15) is 18.0 Å². The monoisotopic (exact) mass is 196 g/mol. The number of rotatable bonds is 1. The average molecular weight is 196 g/mol. The van der Waals surface area contributed by atoms with Crippen LogP contribution in [0.15, 0.2) is 18.5 Å². The molecule has 1 amide bonds. The molecule has 1 saturated heterocycles. The van der Waals surface area contributed by atoms with Gasteiger partial charge in [-0.25, -0.2) is 4.39 Å². The number of pyridine rings is 1. The highest BCUT2D eigenvalue weighted by molar-refractivity contribution is 5.83. The molecule has 5 heteroatoms. The highest BCUT2D eigenvalue weighted by atomic mass is 19.1. The Balaban J connectivity index is 2.21. The number of aliphatic hydroxyl groups excluding tert-OH is 1. The fourth-order valence-corrected chi connectivity index (χ4v) is 1.50. The van der Waals surface area contributed by atoms with Crippen molar-refractivity contribution in [3.8, 4) is 0 Å². The maximum absolute atomic E-state index is 12.8. The first kappa shape index (κ1) is 9.08. The smallest absolute Gasteiger partial charge is 0.249 e. The summed E-state index contributed by atoms with van der Waals surface area (Å²) in [5.74, 6) is -0.864. The number of hydrogen-bond donors (Lipinski definition) is 2. The second kappa shape index (κ2) is 3.34. The first-order chi connectivity index (χ1) is 6.66. The van der Waals surface area contributed by atoms with Gasteiger partial charge in [-0.05, 0) is 11.6 Å². The van der Waals surface area contributed by atoms with E-state index < -0.39 is 17.8 Å². The number of hydrogen-bond acceptors (Lipinski definition) is 3. The van der Waals surface area contributed by atoms with Gasteiger partial charge >= 0.3 is 0 Å². The molecule has 4 nitrogen and oxygen atoms in total. The molecule has 1 aromatic rings. The zero-order valence-electron chi connectivity index (χ0n) is 7.27. The van der Waals surface area contributed by atoms with Crippen molar-refractivity contribution in [1.82, 2.24) is 10.3 Å².